The Morgan fingerprint density at radius 2 is 1.45 bits per heavy atom. The molecule has 3 rings (SSSR count). The Bertz CT molecular complexity index is 944. The fourth-order valence-electron chi connectivity index (χ4n) is 3.73. The number of rotatable bonds is 7. The Hall–Kier alpha value is -2.55. The third-order valence-corrected chi connectivity index (χ3v) is 5.55. The molecule has 3 aromatic rings. The predicted molar refractivity (Wildman–Crippen MR) is 121 cm³/mol. The highest BCUT2D eigenvalue weighted by Gasteiger charge is 2.15. The molecule has 3 aromatic heterocycles. The van der Waals surface area contributed by atoms with E-state index in [1.54, 1.807) is 0 Å². The highest BCUT2D eigenvalue weighted by atomic mass is 14.7. The van der Waals surface area contributed by atoms with Crippen LogP contribution in [0.1, 0.15) is 85.0 Å². The van der Waals surface area contributed by atoms with Crippen molar-refractivity contribution in [1.82, 2.24) is 15.0 Å². The van der Waals surface area contributed by atoms with Gasteiger partial charge in [-0.05, 0) is 68.0 Å². The van der Waals surface area contributed by atoms with Crippen LogP contribution in [0.15, 0.2) is 48.7 Å². The first kappa shape index (κ1) is 21.2. The fraction of sp³-hybridized carbons (Fsp3) is 0.423. The van der Waals surface area contributed by atoms with E-state index >= 15 is 0 Å². The van der Waals surface area contributed by atoms with Crippen LogP contribution >= 0.6 is 0 Å². The minimum atomic E-state index is 0.331. The van der Waals surface area contributed by atoms with Gasteiger partial charge in [0.05, 0.1) is 0 Å². The summed E-state index contributed by atoms with van der Waals surface area (Å²) in [5.74, 6) is 1.13. The molecule has 0 amide bonds. The van der Waals surface area contributed by atoms with Gasteiger partial charge in [-0.15, -0.1) is 0 Å². The van der Waals surface area contributed by atoms with E-state index in [0.29, 0.717) is 17.8 Å². The van der Waals surface area contributed by atoms with Crippen LogP contribution in [0, 0.1) is 13.8 Å². The van der Waals surface area contributed by atoms with Crippen molar-refractivity contribution >= 4 is 0 Å². The van der Waals surface area contributed by atoms with E-state index in [0.717, 1.165) is 35.6 Å². The lowest BCUT2D eigenvalue weighted by Crippen LogP contribution is -2.09. The third-order valence-electron chi connectivity index (χ3n) is 5.55. The summed E-state index contributed by atoms with van der Waals surface area (Å²) in [7, 11) is 0. The minimum absolute atomic E-state index is 0.331. The second kappa shape index (κ2) is 9.30. The van der Waals surface area contributed by atoms with Crippen molar-refractivity contribution in [2.24, 2.45) is 0 Å². The number of pyridine rings is 3. The third kappa shape index (κ3) is 5.50. The molecule has 3 heteroatoms. The van der Waals surface area contributed by atoms with Crippen LogP contribution in [0.2, 0.25) is 0 Å². The maximum atomic E-state index is 5.05. The van der Waals surface area contributed by atoms with E-state index in [1.807, 2.05) is 6.20 Å². The Kier molecular flexibility index (Phi) is 6.79. The van der Waals surface area contributed by atoms with Gasteiger partial charge in [0.2, 0.25) is 0 Å². The molecule has 2 atom stereocenters. The Labute approximate surface area is 175 Å². The van der Waals surface area contributed by atoms with Gasteiger partial charge in [0.25, 0.3) is 0 Å². The first-order valence-electron chi connectivity index (χ1n) is 10.7. The van der Waals surface area contributed by atoms with Crippen molar-refractivity contribution in [3.8, 4) is 0 Å². The second-order valence-corrected chi connectivity index (χ2v) is 8.68. The summed E-state index contributed by atoms with van der Waals surface area (Å²) < 4.78 is 0. The maximum Gasteiger partial charge on any atom is 0.0468 e. The lowest BCUT2D eigenvalue weighted by atomic mass is 9.95. The number of aromatic nitrogens is 3. The zero-order valence-electron chi connectivity index (χ0n) is 18.6. The summed E-state index contributed by atoms with van der Waals surface area (Å²) >= 11 is 0. The summed E-state index contributed by atoms with van der Waals surface area (Å²) in [6.45, 7) is 13.1. The van der Waals surface area contributed by atoms with Gasteiger partial charge in [0.15, 0.2) is 0 Å². The van der Waals surface area contributed by atoms with Gasteiger partial charge in [-0.1, -0.05) is 45.9 Å². The van der Waals surface area contributed by atoms with E-state index < -0.39 is 0 Å². The van der Waals surface area contributed by atoms with Crippen LogP contribution in [0.4, 0.5) is 0 Å². The molecule has 0 fully saturated rings. The highest BCUT2D eigenvalue weighted by Crippen LogP contribution is 2.25. The highest BCUT2D eigenvalue weighted by molar-refractivity contribution is 5.27. The molecule has 2 unspecified atom stereocenters. The molecule has 0 aliphatic carbocycles. The summed E-state index contributed by atoms with van der Waals surface area (Å²) in [6, 6.07) is 15.0. The molecule has 3 heterocycles. The molecule has 0 saturated heterocycles. The van der Waals surface area contributed by atoms with Crippen LogP contribution in [-0.4, -0.2) is 15.0 Å². The molecule has 0 N–H and O–H groups in total. The van der Waals surface area contributed by atoms with Crippen molar-refractivity contribution in [3.05, 3.63) is 88.3 Å². The van der Waals surface area contributed by atoms with E-state index in [4.69, 9.17) is 9.97 Å². The van der Waals surface area contributed by atoms with Crippen molar-refractivity contribution in [1.29, 1.82) is 0 Å². The van der Waals surface area contributed by atoms with Gasteiger partial charge in [-0.25, -0.2) is 0 Å². The van der Waals surface area contributed by atoms with Crippen LogP contribution in [0.3, 0.4) is 0 Å². The van der Waals surface area contributed by atoms with Gasteiger partial charge < -0.3 is 0 Å². The molecule has 0 aliphatic heterocycles. The molecule has 0 aliphatic rings. The predicted octanol–water partition coefficient (Wildman–Crippen LogP) is 6.30. The Balaban J connectivity index is 1.75. The number of nitrogens with zero attached hydrogens (tertiary/aromatic N) is 3. The molecule has 0 bridgehead atoms. The zero-order valence-corrected chi connectivity index (χ0v) is 18.6. The number of hydrogen-bond donors (Lipinski definition) is 0. The SMILES string of the molecule is Cc1ccc(C(C)Cc2ccc(C)c(C(C)Cc3cccc(C(C)C)n3)n2)nc1. The van der Waals surface area contributed by atoms with Crippen LogP contribution < -0.4 is 0 Å². The first-order valence-corrected chi connectivity index (χ1v) is 10.7. The minimum Gasteiger partial charge on any atom is -0.261 e. The molecule has 0 radical (unpaired) electrons. The van der Waals surface area contributed by atoms with Crippen molar-refractivity contribution in [2.75, 3.05) is 0 Å². The van der Waals surface area contributed by atoms with Crippen LogP contribution in [0.25, 0.3) is 0 Å². The summed E-state index contributed by atoms with van der Waals surface area (Å²) in [5, 5.41) is 0. The largest absolute Gasteiger partial charge is 0.261 e. The van der Waals surface area contributed by atoms with Gasteiger partial charge >= 0.3 is 0 Å². The van der Waals surface area contributed by atoms with E-state index in [2.05, 4.69) is 89.0 Å². The van der Waals surface area contributed by atoms with Crippen molar-refractivity contribution in [3.63, 3.8) is 0 Å². The zero-order chi connectivity index (χ0) is 21.0. The van der Waals surface area contributed by atoms with Crippen molar-refractivity contribution < 1.29 is 0 Å². The van der Waals surface area contributed by atoms with Gasteiger partial charge in [0.1, 0.15) is 0 Å². The number of aryl methyl sites for hydroxylation is 2. The van der Waals surface area contributed by atoms with Gasteiger partial charge in [-0.2, -0.15) is 0 Å². The monoisotopic (exact) mass is 387 g/mol. The number of hydrogen-bond acceptors (Lipinski definition) is 3. The van der Waals surface area contributed by atoms with Gasteiger partial charge in [0, 0.05) is 46.5 Å². The summed E-state index contributed by atoms with van der Waals surface area (Å²) in [5.41, 5.74) is 8.20. The second-order valence-electron chi connectivity index (χ2n) is 8.68. The molecular weight excluding hydrogens is 354 g/mol. The molecule has 0 saturated carbocycles. The first-order chi connectivity index (χ1) is 13.8. The molecule has 0 aromatic carbocycles. The molecule has 152 valence electrons. The fourth-order valence-corrected chi connectivity index (χ4v) is 3.73. The topological polar surface area (TPSA) is 38.7 Å². The molecular formula is C26H33N3. The van der Waals surface area contributed by atoms with E-state index in [-0.39, 0.29) is 0 Å². The smallest absolute Gasteiger partial charge is 0.0468 e. The Morgan fingerprint density at radius 3 is 2.14 bits per heavy atom. The Morgan fingerprint density at radius 1 is 0.724 bits per heavy atom. The van der Waals surface area contributed by atoms with E-state index in [1.165, 1.54) is 16.8 Å². The van der Waals surface area contributed by atoms with Crippen LogP contribution in [0.5, 0.6) is 0 Å². The maximum absolute atomic E-state index is 5.05. The van der Waals surface area contributed by atoms with Crippen LogP contribution in [-0.2, 0) is 12.8 Å². The lowest BCUT2D eigenvalue weighted by Gasteiger charge is -2.17. The standard InChI is InChI=1S/C26H33N3/c1-17(2)24-9-7-8-22(28-24)15-21(6)26-19(4)11-12-23(29-26)14-20(5)25-13-10-18(3)16-27-25/h7-13,16-17,20-21H,14-15H2,1-6H3. The normalized spacial score (nSPS) is 13.5. The van der Waals surface area contributed by atoms with Crippen molar-refractivity contribution in [2.45, 2.75) is 72.1 Å². The molecule has 0 spiro atoms. The lowest BCUT2D eigenvalue weighted by molar-refractivity contribution is 0.673. The van der Waals surface area contributed by atoms with Gasteiger partial charge in [-0.3, -0.25) is 15.0 Å². The summed E-state index contributed by atoms with van der Waals surface area (Å²) in [6.07, 6.45) is 3.75. The molecule has 29 heavy (non-hydrogen) atoms. The molecule has 3 nitrogen and oxygen atoms in total. The average Bonchev–Trinajstić information content (AvgIpc) is 2.70. The quantitative estimate of drug-likeness (QED) is 0.477. The average molecular weight is 388 g/mol. The summed E-state index contributed by atoms with van der Waals surface area (Å²) in [4.78, 5) is 14.5. The van der Waals surface area contributed by atoms with E-state index in [9.17, 15) is 0 Å².